The zero-order valence-corrected chi connectivity index (χ0v) is 11.6. The number of likely N-dealkylation sites (tertiary alicyclic amines) is 2. The van der Waals surface area contributed by atoms with E-state index in [2.05, 4.69) is 4.90 Å². The van der Waals surface area contributed by atoms with Crippen molar-refractivity contribution in [1.82, 2.24) is 9.80 Å². The van der Waals surface area contributed by atoms with Crippen LogP contribution in [-0.2, 0) is 11.3 Å². The number of furan rings is 1. The van der Waals surface area contributed by atoms with Crippen molar-refractivity contribution in [1.29, 1.82) is 0 Å². The third-order valence-corrected chi connectivity index (χ3v) is 4.77. The fraction of sp³-hybridized carbons (Fsp3) is 0.667. The summed E-state index contributed by atoms with van der Waals surface area (Å²) in [6.07, 6.45) is 7.18. The first kappa shape index (κ1) is 12.7. The Morgan fingerprint density at radius 2 is 2.05 bits per heavy atom. The van der Waals surface area contributed by atoms with E-state index in [0.717, 1.165) is 32.5 Å². The Labute approximate surface area is 114 Å². The van der Waals surface area contributed by atoms with E-state index in [0.29, 0.717) is 5.41 Å². The smallest absolute Gasteiger partial charge is 0.219 e. The molecule has 2 fully saturated rings. The van der Waals surface area contributed by atoms with Gasteiger partial charge in [0.05, 0.1) is 12.5 Å². The molecule has 4 heteroatoms. The molecule has 3 rings (SSSR count). The van der Waals surface area contributed by atoms with Gasteiger partial charge in [-0.3, -0.25) is 9.69 Å². The van der Waals surface area contributed by atoms with Crippen LogP contribution in [0, 0.1) is 5.41 Å². The normalized spacial score (nSPS) is 23.1. The molecule has 1 amide bonds. The number of piperidine rings is 1. The predicted octanol–water partition coefficient (Wildman–Crippen LogP) is 2.11. The van der Waals surface area contributed by atoms with Gasteiger partial charge in [0, 0.05) is 38.7 Å². The average molecular weight is 262 g/mol. The molecule has 0 aliphatic carbocycles. The minimum Gasteiger partial charge on any atom is -0.472 e. The van der Waals surface area contributed by atoms with Crippen molar-refractivity contribution in [3.05, 3.63) is 24.2 Å². The van der Waals surface area contributed by atoms with E-state index in [-0.39, 0.29) is 5.91 Å². The second-order valence-corrected chi connectivity index (χ2v) is 6.10. The lowest BCUT2D eigenvalue weighted by Gasteiger charge is -2.39. The van der Waals surface area contributed by atoms with Gasteiger partial charge in [-0.15, -0.1) is 0 Å². The third-order valence-electron chi connectivity index (χ3n) is 4.77. The van der Waals surface area contributed by atoms with Crippen molar-refractivity contribution in [2.24, 2.45) is 5.41 Å². The topological polar surface area (TPSA) is 36.7 Å². The first-order chi connectivity index (χ1) is 9.17. The van der Waals surface area contributed by atoms with Crippen LogP contribution in [0.3, 0.4) is 0 Å². The second kappa shape index (κ2) is 5.00. The SMILES string of the molecule is CC(=O)N1CCC2(CCN(Cc3ccoc3)C2)CC1. The van der Waals surface area contributed by atoms with Crippen LogP contribution >= 0.6 is 0 Å². The summed E-state index contributed by atoms with van der Waals surface area (Å²) in [6, 6.07) is 2.04. The van der Waals surface area contributed by atoms with Crippen LogP contribution in [0.25, 0.3) is 0 Å². The molecule has 0 radical (unpaired) electrons. The molecule has 2 aliphatic rings. The van der Waals surface area contributed by atoms with E-state index in [1.807, 2.05) is 17.2 Å². The molecule has 104 valence electrons. The monoisotopic (exact) mass is 262 g/mol. The fourth-order valence-electron chi connectivity index (χ4n) is 3.51. The van der Waals surface area contributed by atoms with Gasteiger partial charge < -0.3 is 9.32 Å². The minimum atomic E-state index is 0.225. The van der Waals surface area contributed by atoms with Crippen molar-refractivity contribution >= 4 is 5.91 Å². The van der Waals surface area contributed by atoms with Crippen LogP contribution in [0.4, 0.5) is 0 Å². The van der Waals surface area contributed by atoms with Crippen molar-refractivity contribution in [2.75, 3.05) is 26.2 Å². The second-order valence-electron chi connectivity index (χ2n) is 6.10. The molecule has 19 heavy (non-hydrogen) atoms. The molecule has 0 saturated carbocycles. The number of rotatable bonds is 2. The molecule has 0 bridgehead atoms. The van der Waals surface area contributed by atoms with E-state index in [4.69, 9.17) is 4.42 Å². The number of nitrogens with zero attached hydrogens (tertiary/aromatic N) is 2. The first-order valence-electron chi connectivity index (χ1n) is 7.16. The molecule has 0 aromatic carbocycles. The van der Waals surface area contributed by atoms with Gasteiger partial charge in [-0.1, -0.05) is 0 Å². The largest absolute Gasteiger partial charge is 0.472 e. The lowest BCUT2D eigenvalue weighted by Crippen LogP contribution is -2.43. The maximum Gasteiger partial charge on any atom is 0.219 e. The zero-order chi connectivity index (χ0) is 13.3. The van der Waals surface area contributed by atoms with E-state index in [1.54, 1.807) is 13.2 Å². The summed E-state index contributed by atoms with van der Waals surface area (Å²) >= 11 is 0. The molecule has 0 atom stereocenters. The fourth-order valence-corrected chi connectivity index (χ4v) is 3.51. The Bertz CT molecular complexity index is 433. The lowest BCUT2D eigenvalue weighted by atomic mass is 9.78. The highest BCUT2D eigenvalue weighted by molar-refractivity contribution is 5.73. The summed E-state index contributed by atoms with van der Waals surface area (Å²) in [5.41, 5.74) is 1.72. The van der Waals surface area contributed by atoms with Gasteiger partial charge in [-0.05, 0) is 37.3 Å². The lowest BCUT2D eigenvalue weighted by molar-refractivity contribution is -0.131. The Hall–Kier alpha value is -1.29. The molecule has 1 aromatic rings. The molecule has 2 saturated heterocycles. The third kappa shape index (κ3) is 2.68. The maximum absolute atomic E-state index is 11.4. The van der Waals surface area contributed by atoms with E-state index in [9.17, 15) is 4.79 Å². The average Bonchev–Trinajstić information content (AvgIpc) is 3.02. The van der Waals surface area contributed by atoms with Gasteiger partial charge in [0.2, 0.25) is 5.91 Å². The predicted molar refractivity (Wildman–Crippen MR) is 72.5 cm³/mol. The number of carbonyl (C=O) groups excluding carboxylic acids is 1. The van der Waals surface area contributed by atoms with E-state index >= 15 is 0 Å². The summed E-state index contributed by atoms with van der Waals surface area (Å²) in [4.78, 5) is 15.9. The Kier molecular flexibility index (Phi) is 3.35. The molecule has 0 unspecified atom stereocenters. The molecule has 2 aliphatic heterocycles. The molecule has 0 N–H and O–H groups in total. The highest BCUT2D eigenvalue weighted by Gasteiger charge is 2.40. The maximum atomic E-state index is 11.4. The molecule has 1 spiro atoms. The summed E-state index contributed by atoms with van der Waals surface area (Å²) in [6.45, 7) is 6.89. The van der Waals surface area contributed by atoms with Gasteiger partial charge in [-0.25, -0.2) is 0 Å². The molecule has 4 nitrogen and oxygen atoms in total. The van der Waals surface area contributed by atoms with Crippen LogP contribution in [0.15, 0.2) is 23.0 Å². The highest BCUT2D eigenvalue weighted by atomic mass is 16.3. The van der Waals surface area contributed by atoms with Crippen molar-refractivity contribution in [2.45, 2.75) is 32.7 Å². The summed E-state index contributed by atoms with van der Waals surface area (Å²) in [7, 11) is 0. The van der Waals surface area contributed by atoms with E-state index < -0.39 is 0 Å². The summed E-state index contributed by atoms with van der Waals surface area (Å²) < 4.78 is 5.13. The first-order valence-corrected chi connectivity index (χ1v) is 7.16. The number of hydrogen-bond acceptors (Lipinski definition) is 3. The van der Waals surface area contributed by atoms with Crippen LogP contribution in [0.5, 0.6) is 0 Å². The number of amides is 1. The quantitative estimate of drug-likeness (QED) is 0.819. The zero-order valence-electron chi connectivity index (χ0n) is 11.6. The van der Waals surface area contributed by atoms with Gasteiger partial charge in [0.15, 0.2) is 0 Å². The summed E-state index contributed by atoms with van der Waals surface area (Å²) in [5, 5.41) is 0. The molecular formula is C15H22N2O2. The van der Waals surface area contributed by atoms with Gasteiger partial charge in [0.25, 0.3) is 0 Å². The Morgan fingerprint density at radius 1 is 1.32 bits per heavy atom. The van der Waals surface area contributed by atoms with Crippen LogP contribution < -0.4 is 0 Å². The molecular weight excluding hydrogens is 240 g/mol. The van der Waals surface area contributed by atoms with Crippen molar-refractivity contribution in [3.63, 3.8) is 0 Å². The van der Waals surface area contributed by atoms with Gasteiger partial charge in [-0.2, -0.15) is 0 Å². The van der Waals surface area contributed by atoms with Gasteiger partial charge in [0.1, 0.15) is 0 Å². The Morgan fingerprint density at radius 3 is 2.68 bits per heavy atom. The van der Waals surface area contributed by atoms with Crippen LogP contribution in [0.2, 0.25) is 0 Å². The molecule has 3 heterocycles. The van der Waals surface area contributed by atoms with Crippen LogP contribution in [-0.4, -0.2) is 41.9 Å². The number of hydrogen-bond donors (Lipinski definition) is 0. The van der Waals surface area contributed by atoms with Gasteiger partial charge >= 0.3 is 0 Å². The van der Waals surface area contributed by atoms with E-state index in [1.165, 1.54) is 25.1 Å². The van der Waals surface area contributed by atoms with Crippen LogP contribution in [0.1, 0.15) is 31.7 Å². The summed E-state index contributed by atoms with van der Waals surface area (Å²) in [5.74, 6) is 0.225. The Balaban J connectivity index is 1.55. The highest BCUT2D eigenvalue weighted by Crippen LogP contribution is 2.40. The minimum absolute atomic E-state index is 0.225. The number of carbonyl (C=O) groups is 1. The van der Waals surface area contributed by atoms with Crippen molar-refractivity contribution < 1.29 is 9.21 Å². The van der Waals surface area contributed by atoms with Crippen molar-refractivity contribution in [3.8, 4) is 0 Å². The standard InChI is InChI=1S/C15H22N2O2/c1-13(18)17-7-4-15(5-8-17)3-6-16(12-15)10-14-2-9-19-11-14/h2,9,11H,3-8,10,12H2,1H3. The molecule has 1 aromatic heterocycles.